The Balaban J connectivity index is 1.93. The van der Waals surface area contributed by atoms with E-state index in [-0.39, 0.29) is 0 Å². The monoisotopic (exact) mass is 236 g/mol. The highest BCUT2D eigenvalue weighted by Gasteiger charge is 2.21. The van der Waals surface area contributed by atoms with Crippen molar-refractivity contribution in [2.75, 3.05) is 0 Å². The molecule has 16 heavy (non-hydrogen) atoms. The first-order valence-electron chi connectivity index (χ1n) is 5.98. The Morgan fingerprint density at radius 1 is 1.12 bits per heavy atom. The van der Waals surface area contributed by atoms with Crippen LogP contribution >= 0.6 is 11.6 Å². The fourth-order valence-corrected chi connectivity index (χ4v) is 2.73. The fraction of sp³-hybridized carbons (Fsp3) is 0.500. The van der Waals surface area contributed by atoms with Crippen LogP contribution in [0.2, 0.25) is 5.02 Å². The van der Waals surface area contributed by atoms with E-state index in [1.165, 1.54) is 31.2 Å². The van der Waals surface area contributed by atoms with Gasteiger partial charge in [0.1, 0.15) is 6.29 Å². The van der Waals surface area contributed by atoms with E-state index < -0.39 is 0 Å². The topological polar surface area (TPSA) is 17.1 Å². The van der Waals surface area contributed by atoms with E-state index in [9.17, 15) is 4.79 Å². The smallest absolute Gasteiger partial charge is 0.120 e. The number of hydrogen-bond acceptors (Lipinski definition) is 1. The standard InChI is InChI=1S/C14H17ClO/c15-14-7-5-13(6-8-14)12-3-1-11(2-4-12)9-10-16/h5-8,10-12H,1-4,9H2/t11-,12-. The van der Waals surface area contributed by atoms with Crippen molar-refractivity contribution in [2.45, 2.75) is 38.0 Å². The molecule has 0 heterocycles. The molecule has 0 atom stereocenters. The first-order chi connectivity index (χ1) is 7.79. The summed E-state index contributed by atoms with van der Waals surface area (Å²) in [5, 5.41) is 0.804. The third-order valence-corrected chi connectivity index (χ3v) is 3.87. The van der Waals surface area contributed by atoms with Crippen molar-refractivity contribution in [3.05, 3.63) is 34.9 Å². The van der Waals surface area contributed by atoms with Crippen LogP contribution in [0.25, 0.3) is 0 Å². The summed E-state index contributed by atoms with van der Waals surface area (Å²) in [6.45, 7) is 0. The molecular weight excluding hydrogens is 220 g/mol. The van der Waals surface area contributed by atoms with Gasteiger partial charge >= 0.3 is 0 Å². The molecule has 0 bridgehead atoms. The zero-order valence-electron chi connectivity index (χ0n) is 9.36. The molecule has 1 fully saturated rings. The van der Waals surface area contributed by atoms with Crippen LogP contribution in [0.4, 0.5) is 0 Å². The Bertz CT molecular complexity index is 336. The largest absolute Gasteiger partial charge is 0.303 e. The zero-order valence-corrected chi connectivity index (χ0v) is 10.1. The van der Waals surface area contributed by atoms with Crippen molar-refractivity contribution in [2.24, 2.45) is 5.92 Å². The second-order valence-electron chi connectivity index (χ2n) is 4.67. The summed E-state index contributed by atoms with van der Waals surface area (Å²) in [7, 11) is 0. The molecule has 0 amide bonds. The molecule has 0 saturated heterocycles. The average Bonchev–Trinajstić information content (AvgIpc) is 2.32. The minimum absolute atomic E-state index is 0.626. The summed E-state index contributed by atoms with van der Waals surface area (Å²) in [4.78, 5) is 10.4. The van der Waals surface area contributed by atoms with Crippen molar-refractivity contribution in [1.29, 1.82) is 0 Å². The minimum atomic E-state index is 0.626. The highest BCUT2D eigenvalue weighted by molar-refractivity contribution is 6.30. The summed E-state index contributed by atoms with van der Waals surface area (Å²) in [6, 6.07) is 8.20. The summed E-state index contributed by atoms with van der Waals surface area (Å²) in [6.07, 6.45) is 6.60. The Morgan fingerprint density at radius 3 is 2.31 bits per heavy atom. The van der Waals surface area contributed by atoms with Crippen LogP contribution in [0, 0.1) is 5.92 Å². The van der Waals surface area contributed by atoms with Crippen LogP contribution in [0.15, 0.2) is 24.3 Å². The quantitative estimate of drug-likeness (QED) is 0.719. The molecule has 0 spiro atoms. The predicted octanol–water partition coefficient (Wildman–Crippen LogP) is 4.20. The van der Waals surface area contributed by atoms with Gasteiger partial charge in [0.25, 0.3) is 0 Å². The molecule has 1 aliphatic rings. The number of hydrogen-bond donors (Lipinski definition) is 0. The van der Waals surface area contributed by atoms with Gasteiger partial charge in [0.15, 0.2) is 0 Å². The van der Waals surface area contributed by atoms with E-state index in [0.717, 1.165) is 17.7 Å². The molecule has 1 nitrogen and oxygen atoms in total. The van der Waals surface area contributed by atoms with E-state index in [4.69, 9.17) is 11.6 Å². The van der Waals surface area contributed by atoms with Gasteiger partial charge in [-0.3, -0.25) is 0 Å². The first kappa shape index (κ1) is 11.7. The van der Waals surface area contributed by atoms with Gasteiger partial charge in [0.05, 0.1) is 0 Å². The summed E-state index contributed by atoms with van der Waals surface area (Å²) in [5.41, 5.74) is 1.40. The number of aldehydes is 1. The van der Waals surface area contributed by atoms with Crippen LogP contribution in [-0.2, 0) is 4.79 Å². The maximum atomic E-state index is 10.4. The van der Waals surface area contributed by atoms with Crippen LogP contribution in [-0.4, -0.2) is 6.29 Å². The number of carbonyl (C=O) groups excluding carboxylic acids is 1. The third kappa shape index (κ3) is 2.85. The number of halogens is 1. The van der Waals surface area contributed by atoms with Gasteiger partial charge in [-0.05, 0) is 55.2 Å². The highest BCUT2D eigenvalue weighted by Crippen LogP contribution is 2.36. The van der Waals surface area contributed by atoms with Crippen LogP contribution in [0.5, 0.6) is 0 Å². The summed E-state index contributed by atoms with van der Waals surface area (Å²) < 4.78 is 0. The lowest BCUT2D eigenvalue weighted by molar-refractivity contribution is -0.108. The number of rotatable bonds is 3. The predicted molar refractivity (Wildman–Crippen MR) is 66.8 cm³/mol. The van der Waals surface area contributed by atoms with E-state index in [1.807, 2.05) is 12.1 Å². The van der Waals surface area contributed by atoms with Crippen LogP contribution < -0.4 is 0 Å². The van der Waals surface area contributed by atoms with Gasteiger partial charge < -0.3 is 4.79 Å². The Kier molecular flexibility index (Phi) is 4.00. The highest BCUT2D eigenvalue weighted by atomic mass is 35.5. The second kappa shape index (κ2) is 5.49. The number of benzene rings is 1. The lowest BCUT2D eigenvalue weighted by Gasteiger charge is -2.27. The fourth-order valence-electron chi connectivity index (χ4n) is 2.60. The Labute approximate surface area is 102 Å². The SMILES string of the molecule is O=CC[C@H]1CC[C@H](c2ccc(Cl)cc2)CC1. The maximum Gasteiger partial charge on any atom is 0.120 e. The summed E-state index contributed by atoms with van der Waals surface area (Å²) in [5.74, 6) is 1.29. The molecule has 0 aromatic heterocycles. The minimum Gasteiger partial charge on any atom is -0.303 e. The molecule has 1 saturated carbocycles. The van der Waals surface area contributed by atoms with E-state index >= 15 is 0 Å². The second-order valence-corrected chi connectivity index (χ2v) is 5.11. The van der Waals surface area contributed by atoms with Crippen molar-refractivity contribution in [3.63, 3.8) is 0 Å². The van der Waals surface area contributed by atoms with Crippen molar-refractivity contribution < 1.29 is 4.79 Å². The molecule has 1 aromatic carbocycles. The van der Waals surface area contributed by atoms with Gasteiger partial charge in [-0.2, -0.15) is 0 Å². The molecule has 0 aliphatic heterocycles. The van der Waals surface area contributed by atoms with E-state index in [1.54, 1.807) is 0 Å². The summed E-state index contributed by atoms with van der Waals surface area (Å²) >= 11 is 5.88. The van der Waals surface area contributed by atoms with Crippen LogP contribution in [0.1, 0.15) is 43.6 Å². The molecule has 86 valence electrons. The Hall–Kier alpha value is -0.820. The lowest BCUT2D eigenvalue weighted by Crippen LogP contribution is -2.13. The average molecular weight is 237 g/mol. The number of carbonyl (C=O) groups is 1. The molecule has 0 radical (unpaired) electrons. The van der Waals surface area contributed by atoms with Crippen molar-refractivity contribution in [3.8, 4) is 0 Å². The first-order valence-corrected chi connectivity index (χ1v) is 6.36. The normalized spacial score (nSPS) is 25.3. The lowest BCUT2D eigenvalue weighted by atomic mass is 9.78. The van der Waals surface area contributed by atoms with Crippen LogP contribution in [0.3, 0.4) is 0 Å². The van der Waals surface area contributed by atoms with E-state index in [2.05, 4.69) is 12.1 Å². The van der Waals surface area contributed by atoms with Crippen molar-refractivity contribution >= 4 is 17.9 Å². The Morgan fingerprint density at radius 2 is 1.75 bits per heavy atom. The van der Waals surface area contributed by atoms with Gasteiger partial charge in [-0.25, -0.2) is 0 Å². The molecule has 1 aromatic rings. The maximum absolute atomic E-state index is 10.4. The molecule has 2 rings (SSSR count). The molecule has 0 unspecified atom stereocenters. The molecule has 2 heteroatoms. The van der Waals surface area contributed by atoms with E-state index in [0.29, 0.717) is 11.8 Å². The molecule has 1 aliphatic carbocycles. The molecule has 0 N–H and O–H groups in total. The van der Waals surface area contributed by atoms with Gasteiger partial charge in [-0.1, -0.05) is 23.7 Å². The van der Waals surface area contributed by atoms with Gasteiger partial charge in [0, 0.05) is 11.4 Å². The zero-order chi connectivity index (χ0) is 11.4. The molecular formula is C14H17ClO. The third-order valence-electron chi connectivity index (χ3n) is 3.62. The van der Waals surface area contributed by atoms with Gasteiger partial charge in [0.2, 0.25) is 0 Å². The van der Waals surface area contributed by atoms with Gasteiger partial charge in [-0.15, -0.1) is 0 Å². The van der Waals surface area contributed by atoms with Crippen molar-refractivity contribution in [1.82, 2.24) is 0 Å².